The molecule has 14 aromatic rings. The van der Waals surface area contributed by atoms with E-state index < -0.39 is 0 Å². The number of hydrogen-bond acceptors (Lipinski definition) is 3. The Kier molecular flexibility index (Phi) is 9.04. The van der Waals surface area contributed by atoms with E-state index in [1.807, 2.05) is 35.6 Å². The van der Waals surface area contributed by atoms with Crippen molar-refractivity contribution in [3.63, 3.8) is 0 Å². The van der Waals surface area contributed by atoms with E-state index in [4.69, 9.17) is 9.97 Å². The number of benzene rings is 10. The molecule has 5 heteroatoms. The largest absolute Gasteiger partial charge is 0.309 e. The van der Waals surface area contributed by atoms with Crippen molar-refractivity contribution in [3.8, 4) is 67.5 Å². The van der Waals surface area contributed by atoms with E-state index in [2.05, 4.69) is 228 Å². The highest BCUT2D eigenvalue weighted by Gasteiger charge is 2.18. The lowest BCUT2D eigenvalue weighted by Gasteiger charge is -2.10. The highest BCUT2D eigenvalue weighted by molar-refractivity contribution is 7.25. The zero-order valence-corrected chi connectivity index (χ0v) is 38.1. The van der Waals surface area contributed by atoms with Gasteiger partial charge >= 0.3 is 0 Å². The molecule has 0 spiro atoms. The van der Waals surface area contributed by atoms with Crippen LogP contribution < -0.4 is 0 Å². The maximum atomic E-state index is 5.17. The van der Waals surface area contributed by atoms with Crippen molar-refractivity contribution in [1.29, 1.82) is 0 Å². The lowest BCUT2D eigenvalue weighted by atomic mass is 9.98. The normalized spacial score (nSPS) is 11.8. The molecule has 0 amide bonds. The number of rotatable bonds is 7. The SMILES string of the molecule is c1ccc(-c2cc(-c3ccc4sc5ccc(-c6ccc7c(c6)c6cc(-c8ccc9c(c8)c8ccccc8n9-c8ccccc8)ccc6n7-c6ccccc6)cc5c4c3)nc(-c3ccccc3)n2)cc1. The topological polar surface area (TPSA) is 35.6 Å². The van der Waals surface area contributed by atoms with E-state index in [1.54, 1.807) is 0 Å². The van der Waals surface area contributed by atoms with Gasteiger partial charge in [0.2, 0.25) is 0 Å². The first-order valence-corrected chi connectivity index (χ1v) is 24.2. The van der Waals surface area contributed by atoms with E-state index in [0.717, 1.165) is 39.5 Å². The highest BCUT2D eigenvalue weighted by Crippen LogP contribution is 2.42. The minimum absolute atomic E-state index is 0.717. The molecule has 4 heterocycles. The fourth-order valence-electron chi connectivity index (χ4n) is 10.4. The number of hydrogen-bond donors (Lipinski definition) is 0. The summed E-state index contributed by atoms with van der Waals surface area (Å²) in [5.41, 5.74) is 16.8. The number of thiophene rings is 1. The van der Waals surface area contributed by atoms with E-state index in [9.17, 15) is 0 Å². The van der Waals surface area contributed by atoms with Crippen LogP contribution in [0.1, 0.15) is 0 Å². The zero-order chi connectivity index (χ0) is 45.4. The van der Waals surface area contributed by atoms with Crippen LogP contribution in [0.5, 0.6) is 0 Å². The number of aromatic nitrogens is 4. The van der Waals surface area contributed by atoms with Crippen LogP contribution in [0.4, 0.5) is 0 Å². The molecule has 4 aromatic heterocycles. The second-order valence-corrected chi connectivity index (χ2v) is 18.9. The van der Waals surface area contributed by atoms with Crippen molar-refractivity contribution in [2.75, 3.05) is 0 Å². The molecule has 0 N–H and O–H groups in total. The van der Waals surface area contributed by atoms with E-state index in [1.165, 1.54) is 86.0 Å². The molecule has 10 aromatic carbocycles. The van der Waals surface area contributed by atoms with Crippen molar-refractivity contribution in [3.05, 3.63) is 243 Å². The van der Waals surface area contributed by atoms with Gasteiger partial charge < -0.3 is 9.13 Å². The molecular formula is C64H40N4S. The van der Waals surface area contributed by atoms with Crippen LogP contribution in [0.3, 0.4) is 0 Å². The summed E-state index contributed by atoms with van der Waals surface area (Å²) >= 11 is 1.84. The third-order valence-corrected chi connectivity index (χ3v) is 14.9. The molecule has 69 heavy (non-hydrogen) atoms. The maximum Gasteiger partial charge on any atom is 0.160 e. The minimum atomic E-state index is 0.717. The highest BCUT2D eigenvalue weighted by atomic mass is 32.1. The number of nitrogens with zero attached hydrogens (tertiary/aromatic N) is 4. The Balaban J connectivity index is 0.904. The Bertz CT molecular complexity index is 4230. The second-order valence-electron chi connectivity index (χ2n) is 17.8. The van der Waals surface area contributed by atoms with Gasteiger partial charge in [-0.15, -0.1) is 11.3 Å². The molecule has 0 aliphatic rings. The molecule has 4 nitrogen and oxygen atoms in total. The van der Waals surface area contributed by atoms with Crippen molar-refractivity contribution < 1.29 is 0 Å². The maximum absolute atomic E-state index is 5.17. The molecule has 14 rings (SSSR count). The average molecular weight is 897 g/mol. The van der Waals surface area contributed by atoms with E-state index in [0.29, 0.717) is 5.82 Å². The minimum Gasteiger partial charge on any atom is -0.309 e. The van der Waals surface area contributed by atoms with Gasteiger partial charge in [0.15, 0.2) is 5.82 Å². The average Bonchev–Trinajstić information content (AvgIpc) is 4.08. The van der Waals surface area contributed by atoms with Crippen LogP contribution in [0.15, 0.2) is 243 Å². The lowest BCUT2D eigenvalue weighted by Crippen LogP contribution is -1.95. The zero-order valence-electron chi connectivity index (χ0n) is 37.3. The molecule has 0 atom stereocenters. The van der Waals surface area contributed by atoms with Gasteiger partial charge in [-0.05, 0) is 119 Å². The monoisotopic (exact) mass is 896 g/mol. The molecule has 0 saturated carbocycles. The van der Waals surface area contributed by atoms with Crippen LogP contribution in [-0.2, 0) is 0 Å². The first-order chi connectivity index (χ1) is 34.2. The Labute approximate surface area is 402 Å². The molecule has 322 valence electrons. The summed E-state index contributed by atoms with van der Waals surface area (Å²) in [6, 6.07) is 87.6. The molecule has 0 bridgehead atoms. The van der Waals surface area contributed by atoms with Gasteiger partial charge in [-0.2, -0.15) is 0 Å². The van der Waals surface area contributed by atoms with Crippen molar-refractivity contribution in [1.82, 2.24) is 19.1 Å². The fourth-order valence-corrected chi connectivity index (χ4v) is 11.5. The molecule has 0 fully saturated rings. The predicted octanol–water partition coefficient (Wildman–Crippen LogP) is 17.4. The van der Waals surface area contributed by atoms with Crippen molar-refractivity contribution in [2.24, 2.45) is 0 Å². The Morgan fingerprint density at radius 3 is 1.17 bits per heavy atom. The molecule has 0 unspecified atom stereocenters. The van der Waals surface area contributed by atoms with Gasteiger partial charge in [0, 0.05) is 69.8 Å². The third-order valence-electron chi connectivity index (χ3n) is 13.7. The van der Waals surface area contributed by atoms with E-state index >= 15 is 0 Å². The quantitative estimate of drug-likeness (QED) is 0.160. The molecule has 0 saturated heterocycles. The molecule has 0 aliphatic carbocycles. The van der Waals surface area contributed by atoms with Crippen molar-refractivity contribution >= 4 is 75.1 Å². The summed E-state index contributed by atoms with van der Waals surface area (Å²) in [5.74, 6) is 0.717. The summed E-state index contributed by atoms with van der Waals surface area (Å²) < 4.78 is 7.30. The summed E-state index contributed by atoms with van der Waals surface area (Å²) in [6.45, 7) is 0. The van der Waals surface area contributed by atoms with Gasteiger partial charge in [0.1, 0.15) is 0 Å². The van der Waals surface area contributed by atoms with Crippen LogP contribution in [-0.4, -0.2) is 19.1 Å². The Morgan fingerprint density at radius 2 is 0.638 bits per heavy atom. The Morgan fingerprint density at radius 1 is 0.261 bits per heavy atom. The molecular weight excluding hydrogens is 857 g/mol. The molecule has 0 radical (unpaired) electrons. The van der Waals surface area contributed by atoms with Gasteiger partial charge in [0.05, 0.1) is 33.5 Å². The third kappa shape index (κ3) is 6.58. The van der Waals surface area contributed by atoms with E-state index in [-0.39, 0.29) is 0 Å². The second kappa shape index (κ2) is 15.9. The summed E-state index contributed by atoms with van der Waals surface area (Å²) in [7, 11) is 0. The van der Waals surface area contributed by atoms with Gasteiger partial charge in [-0.25, -0.2) is 9.97 Å². The van der Waals surface area contributed by atoms with Crippen LogP contribution in [0, 0.1) is 0 Å². The Hall–Kier alpha value is -8.90. The first-order valence-electron chi connectivity index (χ1n) is 23.4. The van der Waals surface area contributed by atoms with Crippen LogP contribution in [0.25, 0.3) is 131 Å². The lowest BCUT2D eigenvalue weighted by molar-refractivity contribution is 1.18. The van der Waals surface area contributed by atoms with Gasteiger partial charge in [-0.3, -0.25) is 0 Å². The summed E-state index contributed by atoms with van der Waals surface area (Å²) in [6.07, 6.45) is 0. The summed E-state index contributed by atoms with van der Waals surface area (Å²) in [4.78, 5) is 10.2. The smallest absolute Gasteiger partial charge is 0.160 e. The van der Waals surface area contributed by atoms with Gasteiger partial charge in [0.25, 0.3) is 0 Å². The predicted molar refractivity (Wildman–Crippen MR) is 291 cm³/mol. The summed E-state index contributed by atoms with van der Waals surface area (Å²) in [5, 5.41) is 7.41. The first kappa shape index (κ1) is 39.3. The number of para-hydroxylation sites is 3. The molecule has 0 aliphatic heterocycles. The van der Waals surface area contributed by atoms with Crippen molar-refractivity contribution in [2.45, 2.75) is 0 Å². The van der Waals surface area contributed by atoms with Gasteiger partial charge in [-0.1, -0.05) is 146 Å². The van der Waals surface area contributed by atoms with Crippen LogP contribution in [0.2, 0.25) is 0 Å². The van der Waals surface area contributed by atoms with Crippen LogP contribution >= 0.6 is 11.3 Å². The standard InChI is InChI=1S/C64H40N4S/c1-5-15-41(16-6-1)56-40-57(66-64(65-56)42-17-7-2-8-18-42)47-29-34-63-55(39-47)54-38-46(28-33-62(54)69-63)45-27-32-61-53(37-45)52-36-44(26-31-60(52)68(61)49-21-11-4-12-22-49)43-25-30-59-51(35-43)50-23-13-14-24-58(50)67(59)48-19-9-3-10-20-48/h1-40H. The fraction of sp³-hybridized carbons (Fsp3) is 0. The number of fused-ring (bicyclic) bond motifs is 9.